The summed E-state index contributed by atoms with van der Waals surface area (Å²) in [6.45, 7) is 4.00. The summed E-state index contributed by atoms with van der Waals surface area (Å²) < 4.78 is 5.58. The lowest BCUT2D eigenvalue weighted by molar-refractivity contribution is 0.494. The first-order valence-electron chi connectivity index (χ1n) is 6.08. The maximum absolute atomic E-state index is 5.92. The minimum absolute atomic E-state index is 0.517. The van der Waals surface area contributed by atoms with Crippen molar-refractivity contribution in [2.75, 3.05) is 13.1 Å². The quantitative estimate of drug-likeness (QED) is 0.816. The Morgan fingerprint density at radius 3 is 2.94 bits per heavy atom. The van der Waals surface area contributed by atoms with Crippen LogP contribution in [0.1, 0.15) is 19.2 Å². The molecule has 4 nitrogen and oxygen atoms in total. The van der Waals surface area contributed by atoms with E-state index < -0.39 is 0 Å². The SMILES string of the molecule is CCCNCCc1nnc(-c2cccc(Cl)c2)o1. The van der Waals surface area contributed by atoms with Gasteiger partial charge in [0.1, 0.15) is 0 Å². The van der Waals surface area contributed by atoms with E-state index in [4.69, 9.17) is 16.0 Å². The fourth-order valence-electron chi connectivity index (χ4n) is 1.59. The highest BCUT2D eigenvalue weighted by molar-refractivity contribution is 6.30. The molecule has 0 aliphatic carbocycles. The van der Waals surface area contributed by atoms with Crippen molar-refractivity contribution in [1.29, 1.82) is 0 Å². The summed E-state index contributed by atoms with van der Waals surface area (Å²) in [4.78, 5) is 0. The van der Waals surface area contributed by atoms with E-state index in [1.807, 2.05) is 24.3 Å². The average molecular weight is 266 g/mol. The molecular weight excluding hydrogens is 250 g/mol. The van der Waals surface area contributed by atoms with Gasteiger partial charge in [-0.25, -0.2) is 0 Å². The first kappa shape index (κ1) is 13.1. The third-order valence-corrected chi connectivity index (χ3v) is 2.72. The highest BCUT2D eigenvalue weighted by atomic mass is 35.5. The van der Waals surface area contributed by atoms with Crippen LogP contribution < -0.4 is 5.32 Å². The van der Waals surface area contributed by atoms with Crippen LogP contribution in [0.3, 0.4) is 0 Å². The van der Waals surface area contributed by atoms with Gasteiger partial charge in [0.05, 0.1) is 0 Å². The number of aromatic nitrogens is 2. The summed E-state index contributed by atoms with van der Waals surface area (Å²) in [6, 6.07) is 7.40. The summed E-state index contributed by atoms with van der Waals surface area (Å²) in [5.74, 6) is 1.16. The number of hydrogen-bond acceptors (Lipinski definition) is 4. The molecule has 2 rings (SSSR count). The monoisotopic (exact) mass is 265 g/mol. The molecule has 0 fully saturated rings. The molecule has 0 saturated heterocycles. The number of halogens is 1. The van der Waals surface area contributed by atoms with Crippen LogP contribution in [0.4, 0.5) is 0 Å². The van der Waals surface area contributed by atoms with E-state index in [1.54, 1.807) is 0 Å². The minimum Gasteiger partial charge on any atom is -0.421 e. The van der Waals surface area contributed by atoms with Gasteiger partial charge in [0.2, 0.25) is 11.8 Å². The number of nitrogens with zero attached hydrogens (tertiary/aromatic N) is 2. The van der Waals surface area contributed by atoms with Crippen molar-refractivity contribution < 1.29 is 4.42 Å². The lowest BCUT2D eigenvalue weighted by Crippen LogP contribution is -2.17. The Bertz CT molecular complexity index is 498. The molecule has 0 aliphatic heterocycles. The van der Waals surface area contributed by atoms with Gasteiger partial charge in [-0.05, 0) is 31.2 Å². The van der Waals surface area contributed by atoms with Gasteiger partial charge < -0.3 is 9.73 Å². The van der Waals surface area contributed by atoms with Crippen LogP contribution in [0.5, 0.6) is 0 Å². The molecule has 1 N–H and O–H groups in total. The van der Waals surface area contributed by atoms with E-state index in [-0.39, 0.29) is 0 Å². The second kappa shape index (κ2) is 6.52. The van der Waals surface area contributed by atoms with E-state index in [2.05, 4.69) is 22.4 Å². The molecule has 1 heterocycles. The maximum atomic E-state index is 5.92. The fourth-order valence-corrected chi connectivity index (χ4v) is 1.78. The number of benzene rings is 1. The van der Waals surface area contributed by atoms with E-state index in [0.717, 1.165) is 31.5 Å². The van der Waals surface area contributed by atoms with Crippen molar-refractivity contribution in [3.05, 3.63) is 35.2 Å². The molecule has 1 aromatic heterocycles. The summed E-state index contributed by atoms with van der Waals surface area (Å²) >= 11 is 5.92. The predicted octanol–water partition coefficient (Wildman–Crippen LogP) is 2.93. The molecule has 0 bridgehead atoms. The van der Waals surface area contributed by atoms with Crippen LogP contribution in [-0.2, 0) is 6.42 Å². The molecule has 96 valence electrons. The highest BCUT2D eigenvalue weighted by Crippen LogP contribution is 2.21. The fraction of sp³-hybridized carbons (Fsp3) is 0.385. The molecule has 0 unspecified atom stereocenters. The van der Waals surface area contributed by atoms with Crippen LogP contribution >= 0.6 is 11.6 Å². The van der Waals surface area contributed by atoms with Gasteiger partial charge in [0.25, 0.3) is 0 Å². The molecule has 2 aromatic rings. The Morgan fingerprint density at radius 2 is 2.17 bits per heavy atom. The summed E-state index contributed by atoms with van der Waals surface area (Å²) in [5.41, 5.74) is 0.850. The summed E-state index contributed by atoms with van der Waals surface area (Å²) in [6.07, 6.45) is 1.87. The minimum atomic E-state index is 0.517. The van der Waals surface area contributed by atoms with E-state index in [0.29, 0.717) is 16.8 Å². The van der Waals surface area contributed by atoms with Gasteiger partial charge in [-0.15, -0.1) is 10.2 Å². The summed E-state index contributed by atoms with van der Waals surface area (Å²) in [5, 5.41) is 12.0. The Labute approximate surface area is 111 Å². The van der Waals surface area contributed by atoms with Gasteiger partial charge in [-0.3, -0.25) is 0 Å². The van der Waals surface area contributed by atoms with Crippen molar-refractivity contribution >= 4 is 11.6 Å². The zero-order valence-electron chi connectivity index (χ0n) is 10.3. The molecule has 0 spiro atoms. The third-order valence-electron chi connectivity index (χ3n) is 2.48. The Balaban J connectivity index is 1.97. The molecule has 0 atom stereocenters. The molecule has 18 heavy (non-hydrogen) atoms. The van der Waals surface area contributed by atoms with Crippen LogP contribution in [0, 0.1) is 0 Å². The van der Waals surface area contributed by atoms with Crippen molar-refractivity contribution in [3.8, 4) is 11.5 Å². The van der Waals surface area contributed by atoms with Crippen LogP contribution in [0.15, 0.2) is 28.7 Å². The smallest absolute Gasteiger partial charge is 0.247 e. The molecule has 5 heteroatoms. The standard InChI is InChI=1S/C13H16ClN3O/c1-2-7-15-8-6-12-16-17-13(18-12)10-4-3-5-11(14)9-10/h3-5,9,15H,2,6-8H2,1H3. The second-order valence-electron chi connectivity index (χ2n) is 4.01. The topological polar surface area (TPSA) is 51.0 Å². The first-order valence-corrected chi connectivity index (χ1v) is 6.46. The molecule has 1 aromatic carbocycles. The highest BCUT2D eigenvalue weighted by Gasteiger charge is 2.08. The van der Waals surface area contributed by atoms with Crippen molar-refractivity contribution in [2.24, 2.45) is 0 Å². The molecule has 0 amide bonds. The average Bonchev–Trinajstić information content (AvgIpc) is 2.83. The van der Waals surface area contributed by atoms with E-state index >= 15 is 0 Å². The third kappa shape index (κ3) is 3.55. The number of rotatable bonds is 6. The Kier molecular flexibility index (Phi) is 4.73. The zero-order valence-corrected chi connectivity index (χ0v) is 11.1. The van der Waals surface area contributed by atoms with Gasteiger partial charge in [0.15, 0.2) is 0 Å². The second-order valence-corrected chi connectivity index (χ2v) is 4.45. The van der Waals surface area contributed by atoms with Crippen molar-refractivity contribution in [3.63, 3.8) is 0 Å². The van der Waals surface area contributed by atoms with Crippen LogP contribution in [-0.4, -0.2) is 23.3 Å². The van der Waals surface area contributed by atoms with Crippen molar-refractivity contribution in [1.82, 2.24) is 15.5 Å². The summed E-state index contributed by atoms with van der Waals surface area (Å²) in [7, 11) is 0. The molecule has 0 radical (unpaired) electrons. The number of hydrogen-bond donors (Lipinski definition) is 1. The molecular formula is C13H16ClN3O. The van der Waals surface area contributed by atoms with E-state index in [9.17, 15) is 0 Å². The first-order chi connectivity index (χ1) is 8.79. The zero-order chi connectivity index (χ0) is 12.8. The lowest BCUT2D eigenvalue weighted by atomic mass is 10.2. The van der Waals surface area contributed by atoms with Crippen LogP contribution in [0.2, 0.25) is 5.02 Å². The maximum Gasteiger partial charge on any atom is 0.247 e. The Morgan fingerprint density at radius 1 is 1.28 bits per heavy atom. The molecule has 0 saturated carbocycles. The Hall–Kier alpha value is -1.39. The van der Waals surface area contributed by atoms with Gasteiger partial charge in [0, 0.05) is 23.6 Å². The largest absolute Gasteiger partial charge is 0.421 e. The molecule has 0 aliphatic rings. The van der Waals surface area contributed by atoms with E-state index in [1.165, 1.54) is 0 Å². The normalized spacial score (nSPS) is 10.8. The van der Waals surface area contributed by atoms with Gasteiger partial charge in [-0.2, -0.15) is 0 Å². The van der Waals surface area contributed by atoms with Gasteiger partial charge in [-0.1, -0.05) is 24.6 Å². The van der Waals surface area contributed by atoms with Crippen molar-refractivity contribution in [2.45, 2.75) is 19.8 Å². The lowest BCUT2D eigenvalue weighted by Gasteiger charge is -1.98. The predicted molar refractivity (Wildman–Crippen MR) is 71.6 cm³/mol. The van der Waals surface area contributed by atoms with Crippen LogP contribution in [0.25, 0.3) is 11.5 Å². The van der Waals surface area contributed by atoms with Gasteiger partial charge >= 0.3 is 0 Å². The number of nitrogens with one attached hydrogen (secondary N) is 1.